The van der Waals surface area contributed by atoms with Gasteiger partial charge in [0.05, 0.1) is 0 Å². The fourth-order valence-corrected chi connectivity index (χ4v) is 12.6. The second-order valence-electron chi connectivity index (χ2n) is 20.2. The summed E-state index contributed by atoms with van der Waals surface area (Å²) >= 11 is 0. The van der Waals surface area contributed by atoms with E-state index < -0.39 is 0 Å². The fraction of sp³-hybridized carbons (Fsp3) is 0. The Labute approximate surface area is 443 Å². The first-order valence-electron chi connectivity index (χ1n) is 26.4. The lowest BCUT2D eigenvalue weighted by molar-refractivity contribution is 1.52. The Morgan fingerprint density at radius 3 is 1.01 bits per heavy atom. The van der Waals surface area contributed by atoms with Crippen LogP contribution < -0.4 is 0 Å². The highest BCUT2D eigenvalue weighted by Gasteiger charge is 2.41. The van der Waals surface area contributed by atoms with Crippen LogP contribution in [-0.2, 0) is 0 Å². The molecule has 0 saturated carbocycles. The van der Waals surface area contributed by atoms with Crippen molar-refractivity contribution in [2.75, 3.05) is 0 Å². The summed E-state index contributed by atoms with van der Waals surface area (Å²) < 4.78 is 0. The van der Waals surface area contributed by atoms with E-state index in [0.29, 0.717) is 0 Å². The fourth-order valence-electron chi connectivity index (χ4n) is 12.6. The molecule has 0 unspecified atom stereocenters. The van der Waals surface area contributed by atoms with Gasteiger partial charge in [-0.3, -0.25) is 0 Å². The van der Waals surface area contributed by atoms with Crippen molar-refractivity contribution in [1.29, 1.82) is 0 Å². The zero-order chi connectivity index (χ0) is 50.1. The van der Waals surface area contributed by atoms with Crippen LogP contribution in [0.5, 0.6) is 0 Å². The molecule has 2 aliphatic rings. The molecular weight excluding hydrogens is 913 g/mol. The molecule has 0 saturated heterocycles. The normalized spacial score (nSPS) is 13.1. The molecule has 0 atom stereocenters. The standard InChI is InChI=1S/C76H48/c1-5-21-51(22-6-1)67-47-69-70(48-68(67)52-23-7-2-8-24-52)75-74(57-43-44-61-56(45-57)34-20-39-64(61)62-37-17-31-49-25-13-15-35-59(49)62)72(54-27-9-3-10-28-54)73(55-29-11-4-12-30-55)76(75)71(69)58-42-41-53-33-19-40-65(66(53)46-58)63-38-18-32-50-26-14-16-36-60(50)63/h1-48H. The average Bonchev–Trinajstić information content (AvgIpc) is 4.21. The molecule has 0 heteroatoms. The lowest BCUT2D eigenvalue weighted by atomic mass is 9.83. The predicted octanol–water partition coefficient (Wildman–Crippen LogP) is 20.3. The molecule has 0 amide bonds. The Hall–Kier alpha value is -9.88. The maximum atomic E-state index is 2.52. The molecule has 0 N–H and O–H groups in total. The van der Waals surface area contributed by atoms with Crippen molar-refractivity contribution < 1.29 is 0 Å². The maximum absolute atomic E-state index is 2.52. The van der Waals surface area contributed by atoms with Crippen molar-refractivity contribution in [2.24, 2.45) is 0 Å². The zero-order valence-electron chi connectivity index (χ0n) is 41.7. The number of hydrogen-bond acceptors (Lipinski definition) is 0. The Bertz CT molecular complexity index is 4560. The minimum absolute atomic E-state index is 1.19. The van der Waals surface area contributed by atoms with Gasteiger partial charge >= 0.3 is 0 Å². The molecule has 0 heterocycles. The Morgan fingerprint density at radius 1 is 0.132 bits per heavy atom. The third-order valence-electron chi connectivity index (χ3n) is 16.0. The van der Waals surface area contributed by atoms with Crippen molar-refractivity contribution in [3.63, 3.8) is 0 Å². The van der Waals surface area contributed by atoms with Crippen LogP contribution in [0.25, 0.3) is 115 Å². The molecule has 13 aromatic rings. The van der Waals surface area contributed by atoms with E-state index in [0.717, 1.165) is 0 Å². The van der Waals surface area contributed by atoms with E-state index in [1.54, 1.807) is 0 Å². The Balaban J connectivity index is 1.08. The Morgan fingerprint density at radius 2 is 0.487 bits per heavy atom. The van der Waals surface area contributed by atoms with Crippen LogP contribution in [0.1, 0.15) is 33.4 Å². The van der Waals surface area contributed by atoms with Gasteiger partial charge in [-0.2, -0.15) is 0 Å². The number of allylic oxidation sites excluding steroid dienone is 5. The lowest BCUT2D eigenvalue weighted by Gasteiger charge is -2.19. The highest BCUT2D eigenvalue weighted by molar-refractivity contribution is 6.40. The number of rotatable bonds is 8. The average molecular weight is 961 g/mol. The third kappa shape index (κ3) is 7.07. The van der Waals surface area contributed by atoms with E-state index in [1.807, 2.05) is 0 Å². The summed E-state index contributed by atoms with van der Waals surface area (Å²) in [5, 5.41) is 9.89. The summed E-state index contributed by atoms with van der Waals surface area (Å²) in [6, 6.07) is 108. The minimum Gasteiger partial charge on any atom is -0.0622 e. The van der Waals surface area contributed by atoms with Gasteiger partial charge in [-0.05, 0) is 179 Å². The predicted molar refractivity (Wildman–Crippen MR) is 324 cm³/mol. The molecule has 15 rings (SSSR count). The van der Waals surface area contributed by atoms with Gasteiger partial charge < -0.3 is 0 Å². The van der Waals surface area contributed by atoms with E-state index in [1.165, 1.54) is 154 Å². The van der Waals surface area contributed by atoms with Crippen LogP contribution in [0.3, 0.4) is 0 Å². The van der Waals surface area contributed by atoms with Gasteiger partial charge in [-0.25, -0.2) is 0 Å². The summed E-state index contributed by atoms with van der Waals surface area (Å²) in [6.07, 6.45) is 0. The highest BCUT2D eigenvalue weighted by atomic mass is 14.4. The molecule has 0 spiro atoms. The molecule has 76 heavy (non-hydrogen) atoms. The molecule has 0 aliphatic heterocycles. The van der Waals surface area contributed by atoms with E-state index in [9.17, 15) is 0 Å². The molecular formula is C76H48. The van der Waals surface area contributed by atoms with Gasteiger partial charge in [0.25, 0.3) is 0 Å². The highest BCUT2D eigenvalue weighted by Crippen LogP contribution is 2.63. The van der Waals surface area contributed by atoms with Gasteiger partial charge in [0, 0.05) is 0 Å². The number of fused-ring (bicyclic) bond motifs is 7. The van der Waals surface area contributed by atoms with Gasteiger partial charge in [-0.1, -0.05) is 267 Å². The second kappa shape index (κ2) is 18.0. The van der Waals surface area contributed by atoms with Gasteiger partial charge in [-0.15, -0.1) is 0 Å². The largest absolute Gasteiger partial charge is 0.0622 e. The topological polar surface area (TPSA) is 0 Å². The monoisotopic (exact) mass is 960 g/mol. The number of benzene rings is 13. The molecule has 0 fully saturated rings. The van der Waals surface area contributed by atoms with Crippen molar-refractivity contribution in [2.45, 2.75) is 0 Å². The van der Waals surface area contributed by atoms with Crippen LogP contribution in [0.15, 0.2) is 297 Å². The molecule has 0 bridgehead atoms. The minimum atomic E-state index is 1.19. The van der Waals surface area contributed by atoms with E-state index in [4.69, 9.17) is 0 Å². The second-order valence-corrected chi connectivity index (χ2v) is 20.2. The van der Waals surface area contributed by atoms with Crippen molar-refractivity contribution >= 4 is 71.0 Å². The molecule has 0 radical (unpaired) electrons. The maximum Gasteiger partial charge on any atom is -0.000137 e. The van der Waals surface area contributed by atoms with Crippen molar-refractivity contribution in [1.82, 2.24) is 0 Å². The first kappa shape index (κ1) is 43.7. The lowest BCUT2D eigenvalue weighted by Crippen LogP contribution is -1.97. The molecule has 0 nitrogen and oxygen atoms in total. The summed E-state index contributed by atoms with van der Waals surface area (Å²) in [7, 11) is 0. The molecule has 352 valence electrons. The Kier molecular flexibility index (Phi) is 10.3. The molecule has 13 aromatic carbocycles. The number of hydrogen-bond donors (Lipinski definition) is 0. The smallest absolute Gasteiger partial charge is 0.000137 e. The molecule has 2 aliphatic carbocycles. The summed E-state index contributed by atoms with van der Waals surface area (Å²) in [5.41, 5.74) is 24.5. The first-order valence-corrected chi connectivity index (χ1v) is 26.4. The van der Waals surface area contributed by atoms with Crippen LogP contribution in [-0.4, -0.2) is 0 Å². The van der Waals surface area contributed by atoms with Crippen molar-refractivity contribution in [3.05, 3.63) is 330 Å². The van der Waals surface area contributed by atoms with Crippen LogP contribution in [0.4, 0.5) is 0 Å². The SMILES string of the molecule is c1ccc(C2=C(c3ccccc3)C(c3ccc4c(-c5cccc6ccccc56)cccc4c3)=C3C2=C(c2ccc4cccc(-c5cccc6ccccc56)c4c2)c2cc(-c4ccccc4)c(-c4ccccc4)cc23)cc1. The van der Waals surface area contributed by atoms with E-state index >= 15 is 0 Å². The summed E-state index contributed by atoms with van der Waals surface area (Å²) in [4.78, 5) is 0. The summed E-state index contributed by atoms with van der Waals surface area (Å²) in [5.74, 6) is 0. The molecule has 0 aromatic heterocycles. The van der Waals surface area contributed by atoms with Gasteiger partial charge in [0.1, 0.15) is 0 Å². The van der Waals surface area contributed by atoms with Crippen LogP contribution in [0, 0.1) is 0 Å². The zero-order valence-corrected chi connectivity index (χ0v) is 41.7. The van der Waals surface area contributed by atoms with Crippen LogP contribution in [0.2, 0.25) is 0 Å². The van der Waals surface area contributed by atoms with Crippen molar-refractivity contribution in [3.8, 4) is 44.5 Å². The quantitative estimate of drug-likeness (QED) is 0.142. The van der Waals surface area contributed by atoms with Gasteiger partial charge in [0.2, 0.25) is 0 Å². The van der Waals surface area contributed by atoms with Gasteiger partial charge in [0.15, 0.2) is 0 Å². The first-order chi connectivity index (χ1) is 37.7. The van der Waals surface area contributed by atoms with E-state index in [2.05, 4.69) is 291 Å². The van der Waals surface area contributed by atoms with Crippen LogP contribution >= 0.6 is 0 Å². The van der Waals surface area contributed by atoms with E-state index in [-0.39, 0.29) is 0 Å². The summed E-state index contributed by atoms with van der Waals surface area (Å²) in [6.45, 7) is 0. The third-order valence-corrected chi connectivity index (χ3v) is 16.0.